The van der Waals surface area contributed by atoms with Crippen molar-refractivity contribution < 1.29 is 27.7 Å². The van der Waals surface area contributed by atoms with E-state index < -0.39 is 26.5 Å². The first kappa shape index (κ1) is 23.8. The predicted molar refractivity (Wildman–Crippen MR) is 124 cm³/mol. The molecule has 0 unspecified atom stereocenters. The predicted octanol–water partition coefficient (Wildman–Crippen LogP) is 3.38. The van der Waals surface area contributed by atoms with Crippen LogP contribution >= 0.6 is 0 Å². The van der Waals surface area contributed by atoms with E-state index in [1.165, 1.54) is 6.07 Å². The number of fused-ring (bicyclic) bond motifs is 1. The first-order valence-corrected chi connectivity index (χ1v) is 12.7. The van der Waals surface area contributed by atoms with Crippen LogP contribution in [-0.4, -0.2) is 48.6 Å². The zero-order valence-corrected chi connectivity index (χ0v) is 20.1. The highest BCUT2D eigenvalue weighted by Gasteiger charge is 2.64. The van der Waals surface area contributed by atoms with Crippen molar-refractivity contribution in [2.24, 2.45) is 5.73 Å². The fourth-order valence-corrected chi connectivity index (χ4v) is 7.33. The Labute approximate surface area is 195 Å². The number of sulfone groups is 1. The molecule has 33 heavy (non-hydrogen) atoms. The molecule has 0 aliphatic carbocycles. The van der Waals surface area contributed by atoms with Crippen molar-refractivity contribution in [3.05, 3.63) is 48.0 Å². The SMILES string of the molecule is CCCC[C@H]1OC(C)(C)N(CN)[C@@]1(Cc1ccc(O)cc1)S(=O)(=O)c1ccc2c(c1)OCO2. The summed E-state index contributed by atoms with van der Waals surface area (Å²) in [7, 11) is -4.02. The molecule has 4 rings (SSSR count). The monoisotopic (exact) mass is 476 g/mol. The standard InChI is InChI=1S/C24H32N2O6S/c1-4-5-6-22-24(26(15-25)23(2,3)32-22,14-17-7-9-18(27)10-8-17)33(28,29)19-11-12-20-21(13-19)31-16-30-20/h7-13,22,27H,4-6,14-16,25H2,1-3H3/t22-,24+/m1/s1. The van der Waals surface area contributed by atoms with Crippen molar-refractivity contribution in [3.8, 4) is 17.2 Å². The van der Waals surface area contributed by atoms with Crippen molar-refractivity contribution in [1.82, 2.24) is 4.90 Å². The molecule has 2 aliphatic rings. The fourth-order valence-electron chi connectivity index (χ4n) is 4.96. The molecule has 2 aromatic carbocycles. The third-order valence-electron chi connectivity index (χ3n) is 6.56. The Bertz CT molecular complexity index is 1100. The van der Waals surface area contributed by atoms with Gasteiger partial charge in [-0.3, -0.25) is 0 Å². The number of benzene rings is 2. The minimum absolute atomic E-state index is 0.00249. The molecule has 0 radical (unpaired) electrons. The van der Waals surface area contributed by atoms with Gasteiger partial charge in [-0.1, -0.05) is 31.9 Å². The molecular weight excluding hydrogens is 444 g/mol. The van der Waals surface area contributed by atoms with Gasteiger partial charge in [0.05, 0.1) is 11.0 Å². The van der Waals surface area contributed by atoms with E-state index in [4.69, 9.17) is 19.9 Å². The van der Waals surface area contributed by atoms with Crippen LogP contribution in [0.15, 0.2) is 47.4 Å². The molecular formula is C24H32N2O6S. The first-order chi connectivity index (χ1) is 15.7. The van der Waals surface area contributed by atoms with Crippen molar-refractivity contribution in [2.75, 3.05) is 13.5 Å². The number of phenols is 1. The zero-order chi connectivity index (χ0) is 23.9. The van der Waals surface area contributed by atoms with Crippen LogP contribution in [0, 0.1) is 0 Å². The first-order valence-electron chi connectivity index (χ1n) is 11.2. The molecule has 3 N–H and O–H groups in total. The summed E-state index contributed by atoms with van der Waals surface area (Å²) in [6, 6.07) is 11.3. The van der Waals surface area contributed by atoms with E-state index >= 15 is 0 Å². The summed E-state index contributed by atoms with van der Waals surface area (Å²) >= 11 is 0. The molecule has 9 heteroatoms. The van der Waals surface area contributed by atoms with Crippen molar-refractivity contribution in [2.45, 2.75) is 68.0 Å². The lowest BCUT2D eigenvalue weighted by atomic mass is 9.96. The van der Waals surface area contributed by atoms with Gasteiger partial charge < -0.3 is 25.1 Å². The Balaban J connectivity index is 1.91. The normalized spacial score (nSPS) is 24.3. The van der Waals surface area contributed by atoms with Gasteiger partial charge in [0.15, 0.2) is 16.4 Å². The van der Waals surface area contributed by atoms with Gasteiger partial charge in [0.2, 0.25) is 16.6 Å². The van der Waals surface area contributed by atoms with Gasteiger partial charge in [-0.05, 0) is 50.1 Å². The van der Waals surface area contributed by atoms with Crippen molar-refractivity contribution in [1.29, 1.82) is 0 Å². The zero-order valence-electron chi connectivity index (χ0n) is 19.3. The molecule has 1 saturated heterocycles. The third-order valence-corrected chi connectivity index (χ3v) is 8.99. The summed E-state index contributed by atoms with van der Waals surface area (Å²) in [4.78, 5) is 0.435. The summed E-state index contributed by atoms with van der Waals surface area (Å²) in [5.74, 6) is 1.04. The maximum absolute atomic E-state index is 14.5. The van der Waals surface area contributed by atoms with E-state index in [2.05, 4.69) is 6.92 Å². The topological polar surface area (TPSA) is 111 Å². The molecule has 0 bridgehead atoms. The number of rotatable bonds is 8. The molecule has 0 amide bonds. The molecule has 180 valence electrons. The number of hydrogen-bond acceptors (Lipinski definition) is 8. The Morgan fingerprint density at radius 1 is 1.12 bits per heavy atom. The van der Waals surface area contributed by atoms with Gasteiger partial charge in [0.1, 0.15) is 11.5 Å². The van der Waals surface area contributed by atoms with E-state index in [9.17, 15) is 13.5 Å². The van der Waals surface area contributed by atoms with E-state index in [1.807, 2.05) is 13.8 Å². The number of hydrogen-bond donors (Lipinski definition) is 2. The van der Waals surface area contributed by atoms with Crippen LogP contribution in [0.2, 0.25) is 0 Å². The van der Waals surface area contributed by atoms with Crippen LogP contribution < -0.4 is 15.2 Å². The van der Waals surface area contributed by atoms with E-state index in [-0.39, 0.29) is 30.5 Å². The maximum atomic E-state index is 14.5. The van der Waals surface area contributed by atoms with Crippen LogP contribution in [-0.2, 0) is 21.0 Å². The summed E-state index contributed by atoms with van der Waals surface area (Å²) in [5.41, 5.74) is 6.08. The Hall–Kier alpha value is -2.33. The van der Waals surface area contributed by atoms with Gasteiger partial charge in [-0.25, -0.2) is 13.3 Å². The highest BCUT2D eigenvalue weighted by Crippen LogP contribution is 2.49. The average Bonchev–Trinajstić information content (AvgIpc) is 3.33. The highest BCUT2D eigenvalue weighted by atomic mass is 32.2. The van der Waals surface area contributed by atoms with Crippen molar-refractivity contribution in [3.63, 3.8) is 0 Å². The largest absolute Gasteiger partial charge is 0.508 e. The van der Waals surface area contributed by atoms with Gasteiger partial charge in [0, 0.05) is 19.2 Å². The van der Waals surface area contributed by atoms with E-state index in [1.54, 1.807) is 41.3 Å². The molecule has 2 atom stereocenters. The minimum atomic E-state index is -4.02. The lowest BCUT2D eigenvalue weighted by molar-refractivity contribution is -0.0770. The van der Waals surface area contributed by atoms with Gasteiger partial charge >= 0.3 is 0 Å². The molecule has 0 spiro atoms. The second-order valence-electron chi connectivity index (χ2n) is 9.01. The second kappa shape index (κ2) is 8.79. The smallest absolute Gasteiger partial charge is 0.231 e. The maximum Gasteiger partial charge on any atom is 0.231 e. The van der Waals surface area contributed by atoms with Gasteiger partial charge in [0.25, 0.3) is 0 Å². The van der Waals surface area contributed by atoms with Crippen LogP contribution in [0.3, 0.4) is 0 Å². The quantitative estimate of drug-likeness (QED) is 0.597. The number of aromatic hydroxyl groups is 1. The van der Waals surface area contributed by atoms with Crippen molar-refractivity contribution >= 4 is 9.84 Å². The number of nitrogens with two attached hydrogens (primary N) is 1. The number of unbranched alkanes of at least 4 members (excludes halogenated alkanes) is 1. The van der Waals surface area contributed by atoms with Crippen LogP contribution in [0.1, 0.15) is 45.6 Å². The lowest BCUT2D eigenvalue weighted by Crippen LogP contribution is -2.62. The fraction of sp³-hybridized carbons (Fsp3) is 0.500. The molecule has 2 aromatic rings. The Morgan fingerprint density at radius 3 is 2.48 bits per heavy atom. The third kappa shape index (κ3) is 3.97. The average molecular weight is 477 g/mol. The summed E-state index contributed by atoms with van der Waals surface area (Å²) in [6.45, 7) is 5.83. The summed E-state index contributed by atoms with van der Waals surface area (Å²) < 4.78 is 46.3. The molecule has 0 saturated carbocycles. The second-order valence-corrected chi connectivity index (χ2v) is 11.2. The Kier molecular flexibility index (Phi) is 6.34. The Morgan fingerprint density at radius 2 is 1.82 bits per heavy atom. The van der Waals surface area contributed by atoms with E-state index in [0.29, 0.717) is 17.9 Å². The highest BCUT2D eigenvalue weighted by molar-refractivity contribution is 7.92. The molecule has 1 fully saturated rings. The van der Waals surface area contributed by atoms with Crippen LogP contribution in [0.25, 0.3) is 0 Å². The summed E-state index contributed by atoms with van der Waals surface area (Å²) in [6.07, 6.45) is 1.83. The van der Waals surface area contributed by atoms with Crippen LogP contribution in [0.4, 0.5) is 0 Å². The molecule has 2 aliphatic heterocycles. The number of nitrogens with zero attached hydrogens (tertiary/aromatic N) is 1. The van der Waals surface area contributed by atoms with Crippen LogP contribution in [0.5, 0.6) is 17.2 Å². The van der Waals surface area contributed by atoms with E-state index in [0.717, 1.165) is 18.4 Å². The number of phenolic OH excluding ortho intramolecular Hbond substituents is 1. The molecule has 2 heterocycles. The number of ether oxygens (including phenoxy) is 3. The van der Waals surface area contributed by atoms with Gasteiger partial charge in [-0.2, -0.15) is 0 Å². The molecule has 8 nitrogen and oxygen atoms in total. The molecule has 0 aromatic heterocycles. The minimum Gasteiger partial charge on any atom is -0.508 e. The lowest BCUT2D eigenvalue weighted by Gasteiger charge is -2.42. The summed E-state index contributed by atoms with van der Waals surface area (Å²) in [5, 5.41) is 9.76. The van der Waals surface area contributed by atoms with Gasteiger partial charge in [-0.15, -0.1) is 0 Å².